The van der Waals surface area contributed by atoms with Gasteiger partial charge in [-0.05, 0) is 48.5 Å². The van der Waals surface area contributed by atoms with Gasteiger partial charge in [0.1, 0.15) is 24.0 Å². The lowest BCUT2D eigenvalue weighted by molar-refractivity contribution is 0.369. The third-order valence-electron chi connectivity index (χ3n) is 4.75. The summed E-state index contributed by atoms with van der Waals surface area (Å²) in [5, 5.41) is 8.72. The molecule has 0 radical (unpaired) electrons. The monoisotopic (exact) mass is 478 g/mol. The maximum Gasteiger partial charge on any atom is 0.264 e. The Labute approximate surface area is 184 Å². The van der Waals surface area contributed by atoms with Gasteiger partial charge in [0.2, 0.25) is 11.7 Å². The molecular formula is C21H15BrN6O3. The van der Waals surface area contributed by atoms with Crippen molar-refractivity contribution >= 4 is 27.0 Å². The summed E-state index contributed by atoms with van der Waals surface area (Å²) in [6.07, 6.45) is 2.96. The molecule has 2 aromatic carbocycles. The number of halogens is 1. The lowest BCUT2D eigenvalue weighted by Crippen LogP contribution is -2.21. The summed E-state index contributed by atoms with van der Waals surface area (Å²) in [5.41, 5.74) is 1.82. The minimum atomic E-state index is -0.242. The minimum Gasteiger partial charge on any atom is -0.497 e. The zero-order valence-electron chi connectivity index (χ0n) is 16.3. The summed E-state index contributed by atoms with van der Waals surface area (Å²) in [6.45, 7) is 0.110. The zero-order chi connectivity index (χ0) is 21.4. The molecule has 0 spiro atoms. The molecule has 0 aliphatic carbocycles. The molecule has 3 heterocycles. The largest absolute Gasteiger partial charge is 0.497 e. The molecule has 0 unspecified atom stereocenters. The highest BCUT2D eigenvalue weighted by molar-refractivity contribution is 9.10. The first-order valence-corrected chi connectivity index (χ1v) is 10.1. The molecule has 0 N–H and O–H groups in total. The van der Waals surface area contributed by atoms with Crippen LogP contribution < -0.4 is 10.3 Å². The summed E-state index contributed by atoms with van der Waals surface area (Å²) < 4.78 is 14.5. The highest BCUT2D eigenvalue weighted by atomic mass is 79.9. The number of fused-ring (bicyclic) bond motifs is 1. The van der Waals surface area contributed by atoms with Crippen LogP contribution in [0.15, 0.2) is 74.8 Å². The molecule has 154 valence electrons. The van der Waals surface area contributed by atoms with E-state index in [4.69, 9.17) is 9.26 Å². The average molecular weight is 479 g/mol. The second-order valence-corrected chi connectivity index (χ2v) is 7.60. The van der Waals surface area contributed by atoms with Gasteiger partial charge in [-0.3, -0.25) is 9.36 Å². The first kappa shape index (κ1) is 19.2. The summed E-state index contributed by atoms with van der Waals surface area (Å²) in [5.74, 6) is 1.50. The van der Waals surface area contributed by atoms with E-state index >= 15 is 0 Å². The molecule has 0 atom stereocenters. The summed E-state index contributed by atoms with van der Waals surface area (Å²) >= 11 is 3.40. The van der Waals surface area contributed by atoms with E-state index in [9.17, 15) is 4.79 Å². The van der Waals surface area contributed by atoms with Crippen molar-refractivity contribution in [2.75, 3.05) is 7.11 Å². The van der Waals surface area contributed by atoms with Crippen molar-refractivity contribution in [3.63, 3.8) is 0 Å². The molecule has 0 saturated carbocycles. The van der Waals surface area contributed by atoms with E-state index in [0.29, 0.717) is 22.7 Å². The SMILES string of the molecule is COc1ccc(-n2ncc3c(=O)n(Cc4nc(-c5ccc(Br)cc5)no4)cnc32)cc1. The lowest BCUT2D eigenvalue weighted by atomic mass is 10.2. The second-order valence-electron chi connectivity index (χ2n) is 6.69. The Balaban J connectivity index is 1.44. The van der Waals surface area contributed by atoms with Gasteiger partial charge in [0, 0.05) is 10.0 Å². The van der Waals surface area contributed by atoms with Gasteiger partial charge in [0.15, 0.2) is 5.65 Å². The number of nitrogens with zero attached hydrogens (tertiary/aromatic N) is 6. The maximum absolute atomic E-state index is 12.9. The molecule has 31 heavy (non-hydrogen) atoms. The Morgan fingerprint density at radius 1 is 1.10 bits per heavy atom. The third-order valence-corrected chi connectivity index (χ3v) is 5.28. The first-order chi connectivity index (χ1) is 15.1. The Hall–Kier alpha value is -3.79. The van der Waals surface area contributed by atoms with E-state index in [0.717, 1.165) is 21.5 Å². The number of benzene rings is 2. The van der Waals surface area contributed by atoms with Crippen LogP contribution in [0.25, 0.3) is 28.1 Å². The van der Waals surface area contributed by atoms with Crippen LogP contribution in [0.2, 0.25) is 0 Å². The predicted octanol–water partition coefficient (Wildman–Crippen LogP) is 3.45. The topological polar surface area (TPSA) is 101 Å². The molecule has 5 rings (SSSR count). The molecule has 0 amide bonds. The van der Waals surface area contributed by atoms with E-state index < -0.39 is 0 Å². The first-order valence-electron chi connectivity index (χ1n) is 9.28. The number of rotatable bonds is 5. The fourth-order valence-corrected chi connectivity index (χ4v) is 3.42. The second kappa shape index (κ2) is 7.80. The van der Waals surface area contributed by atoms with Gasteiger partial charge in [-0.1, -0.05) is 21.1 Å². The van der Waals surface area contributed by atoms with Crippen molar-refractivity contribution in [3.05, 3.63) is 81.8 Å². The number of ether oxygens (including phenoxy) is 1. The van der Waals surface area contributed by atoms with Gasteiger partial charge < -0.3 is 9.26 Å². The van der Waals surface area contributed by atoms with E-state index in [1.807, 2.05) is 48.5 Å². The van der Waals surface area contributed by atoms with Gasteiger partial charge in [-0.2, -0.15) is 10.1 Å². The molecule has 10 heteroatoms. The van der Waals surface area contributed by atoms with Gasteiger partial charge in [0.05, 0.1) is 19.0 Å². The van der Waals surface area contributed by atoms with Crippen molar-refractivity contribution in [2.24, 2.45) is 0 Å². The van der Waals surface area contributed by atoms with E-state index in [1.54, 1.807) is 11.8 Å². The van der Waals surface area contributed by atoms with Crippen molar-refractivity contribution in [1.82, 2.24) is 29.5 Å². The van der Waals surface area contributed by atoms with Gasteiger partial charge in [-0.25, -0.2) is 9.67 Å². The Kier molecular flexibility index (Phi) is 4.83. The van der Waals surface area contributed by atoms with Crippen LogP contribution in [0.3, 0.4) is 0 Å². The molecule has 9 nitrogen and oxygen atoms in total. The van der Waals surface area contributed by atoms with E-state index in [2.05, 4.69) is 36.2 Å². The van der Waals surface area contributed by atoms with Crippen molar-refractivity contribution in [3.8, 4) is 22.8 Å². The molecule has 0 saturated heterocycles. The standard InChI is InChI=1S/C21H15BrN6O3/c1-30-16-8-6-15(7-9-16)28-20-17(10-24-28)21(29)27(12-23-20)11-18-25-19(26-31-18)13-2-4-14(22)5-3-13/h2-10,12H,11H2,1H3. The van der Waals surface area contributed by atoms with Crippen LogP contribution in [0.1, 0.15) is 5.89 Å². The van der Waals surface area contributed by atoms with Gasteiger partial charge in [0.25, 0.3) is 5.56 Å². The fraction of sp³-hybridized carbons (Fsp3) is 0.0952. The number of hydrogen-bond acceptors (Lipinski definition) is 7. The highest BCUT2D eigenvalue weighted by Crippen LogP contribution is 2.20. The smallest absolute Gasteiger partial charge is 0.264 e. The molecule has 0 bridgehead atoms. The minimum absolute atomic E-state index is 0.110. The Morgan fingerprint density at radius 3 is 2.61 bits per heavy atom. The van der Waals surface area contributed by atoms with Crippen molar-refractivity contribution in [2.45, 2.75) is 6.54 Å². The van der Waals surface area contributed by atoms with Crippen molar-refractivity contribution < 1.29 is 9.26 Å². The predicted molar refractivity (Wildman–Crippen MR) is 116 cm³/mol. The molecular weight excluding hydrogens is 464 g/mol. The third kappa shape index (κ3) is 3.61. The highest BCUT2D eigenvalue weighted by Gasteiger charge is 2.14. The number of aromatic nitrogens is 6. The average Bonchev–Trinajstić information content (AvgIpc) is 3.44. The van der Waals surface area contributed by atoms with E-state index in [-0.39, 0.29) is 12.1 Å². The molecule has 5 aromatic rings. The maximum atomic E-state index is 12.9. The number of methoxy groups -OCH3 is 1. The van der Waals surface area contributed by atoms with Crippen molar-refractivity contribution in [1.29, 1.82) is 0 Å². The van der Waals surface area contributed by atoms with Crippen LogP contribution in [-0.2, 0) is 6.54 Å². The molecule has 0 fully saturated rings. The normalized spacial score (nSPS) is 11.2. The van der Waals surface area contributed by atoms with Crippen LogP contribution in [0.5, 0.6) is 5.75 Å². The summed E-state index contributed by atoms with van der Waals surface area (Å²) in [6, 6.07) is 14.9. The van der Waals surface area contributed by atoms with Gasteiger partial charge in [-0.15, -0.1) is 0 Å². The van der Waals surface area contributed by atoms with Crippen LogP contribution in [0.4, 0.5) is 0 Å². The Bertz CT molecular complexity index is 1420. The lowest BCUT2D eigenvalue weighted by Gasteiger charge is -2.05. The summed E-state index contributed by atoms with van der Waals surface area (Å²) in [4.78, 5) is 21.8. The molecule has 0 aliphatic rings. The van der Waals surface area contributed by atoms with Crippen LogP contribution in [-0.4, -0.2) is 36.6 Å². The molecule has 0 aliphatic heterocycles. The fourth-order valence-electron chi connectivity index (χ4n) is 3.15. The van der Waals surface area contributed by atoms with E-state index in [1.165, 1.54) is 17.1 Å². The molecule has 3 aromatic heterocycles. The number of hydrogen-bond donors (Lipinski definition) is 0. The summed E-state index contributed by atoms with van der Waals surface area (Å²) in [7, 11) is 1.60. The Morgan fingerprint density at radius 2 is 1.87 bits per heavy atom. The van der Waals surface area contributed by atoms with Crippen LogP contribution in [0, 0.1) is 0 Å². The quantitative estimate of drug-likeness (QED) is 0.381. The van der Waals surface area contributed by atoms with Crippen LogP contribution >= 0.6 is 15.9 Å². The zero-order valence-corrected chi connectivity index (χ0v) is 17.9. The van der Waals surface area contributed by atoms with Gasteiger partial charge >= 0.3 is 0 Å².